The van der Waals surface area contributed by atoms with E-state index in [0.29, 0.717) is 5.56 Å². The SMILES string of the molecule is COC(=O)c1ccc(NC(C)C(C)(C)OC)cc1. The predicted molar refractivity (Wildman–Crippen MR) is 72.0 cm³/mol. The van der Waals surface area contributed by atoms with E-state index >= 15 is 0 Å². The Hall–Kier alpha value is -1.55. The van der Waals surface area contributed by atoms with E-state index in [-0.39, 0.29) is 17.6 Å². The van der Waals surface area contributed by atoms with Crippen molar-refractivity contribution in [2.75, 3.05) is 19.5 Å². The lowest BCUT2D eigenvalue weighted by Crippen LogP contribution is -2.41. The van der Waals surface area contributed by atoms with Gasteiger partial charge >= 0.3 is 5.97 Å². The van der Waals surface area contributed by atoms with E-state index < -0.39 is 0 Å². The second-order valence-corrected chi connectivity index (χ2v) is 4.74. The van der Waals surface area contributed by atoms with Crippen LogP contribution in [0.5, 0.6) is 0 Å². The third kappa shape index (κ3) is 3.47. The van der Waals surface area contributed by atoms with Gasteiger partial charge in [-0.1, -0.05) is 0 Å². The van der Waals surface area contributed by atoms with Gasteiger partial charge in [-0.05, 0) is 45.0 Å². The van der Waals surface area contributed by atoms with Crippen molar-refractivity contribution in [3.05, 3.63) is 29.8 Å². The molecule has 0 radical (unpaired) electrons. The molecule has 1 aromatic rings. The minimum absolute atomic E-state index is 0.145. The van der Waals surface area contributed by atoms with Gasteiger partial charge in [0.1, 0.15) is 0 Å². The molecular formula is C14H21NO3. The summed E-state index contributed by atoms with van der Waals surface area (Å²) in [6.07, 6.45) is 0. The van der Waals surface area contributed by atoms with Gasteiger partial charge in [0.25, 0.3) is 0 Å². The van der Waals surface area contributed by atoms with Crippen LogP contribution >= 0.6 is 0 Å². The molecule has 100 valence electrons. The molecule has 18 heavy (non-hydrogen) atoms. The molecule has 0 bridgehead atoms. The van der Waals surface area contributed by atoms with Crippen LogP contribution in [0.3, 0.4) is 0 Å². The van der Waals surface area contributed by atoms with Crippen molar-refractivity contribution >= 4 is 11.7 Å². The molecule has 1 N–H and O–H groups in total. The molecule has 0 aliphatic heterocycles. The van der Waals surface area contributed by atoms with Crippen molar-refractivity contribution < 1.29 is 14.3 Å². The summed E-state index contributed by atoms with van der Waals surface area (Å²) >= 11 is 0. The summed E-state index contributed by atoms with van der Waals surface area (Å²) < 4.78 is 10.1. The highest BCUT2D eigenvalue weighted by Crippen LogP contribution is 2.19. The zero-order valence-electron chi connectivity index (χ0n) is 11.6. The Kier molecular flexibility index (Phi) is 4.73. The summed E-state index contributed by atoms with van der Waals surface area (Å²) in [4.78, 5) is 11.3. The van der Waals surface area contributed by atoms with Crippen LogP contribution in [0.4, 0.5) is 5.69 Å². The Labute approximate surface area is 108 Å². The number of benzene rings is 1. The summed E-state index contributed by atoms with van der Waals surface area (Å²) in [5, 5.41) is 3.34. The first-order valence-electron chi connectivity index (χ1n) is 5.90. The van der Waals surface area contributed by atoms with Crippen molar-refractivity contribution in [2.45, 2.75) is 32.4 Å². The largest absolute Gasteiger partial charge is 0.465 e. The fraction of sp³-hybridized carbons (Fsp3) is 0.500. The first-order chi connectivity index (χ1) is 8.40. The molecule has 1 aromatic carbocycles. The van der Waals surface area contributed by atoms with Gasteiger partial charge in [-0.3, -0.25) is 0 Å². The normalized spacial score (nSPS) is 12.9. The van der Waals surface area contributed by atoms with Gasteiger partial charge in [0.2, 0.25) is 0 Å². The summed E-state index contributed by atoms with van der Waals surface area (Å²) in [6.45, 7) is 6.10. The molecule has 0 aromatic heterocycles. The highest BCUT2D eigenvalue weighted by Gasteiger charge is 2.24. The molecule has 4 nitrogen and oxygen atoms in total. The zero-order valence-corrected chi connectivity index (χ0v) is 11.6. The second kappa shape index (κ2) is 5.87. The molecule has 0 amide bonds. The number of anilines is 1. The van der Waals surface area contributed by atoms with Gasteiger partial charge in [-0.15, -0.1) is 0 Å². The highest BCUT2D eigenvalue weighted by atomic mass is 16.5. The van der Waals surface area contributed by atoms with Gasteiger partial charge in [0, 0.05) is 12.8 Å². The Morgan fingerprint density at radius 1 is 1.22 bits per heavy atom. The van der Waals surface area contributed by atoms with Crippen LogP contribution in [0.1, 0.15) is 31.1 Å². The molecule has 0 fully saturated rings. The third-order valence-corrected chi connectivity index (χ3v) is 3.26. The van der Waals surface area contributed by atoms with Gasteiger partial charge in [0.05, 0.1) is 24.3 Å². The average Bonchev–Trinajstić information content (AvgIpc) is 2.38. The topological polar surface area (TPSA) is 47.6 Å². The van der Waals surface area contributed by atoms with E-state index in [1.807, 2.05) is 26.0 Å². The van der Waals surface area contributed by atoms with Crippen LogP contribution in [-0.4, -0.2) is 31.8 Å². The number of methoxy groups -OCH3 is 2. The van der Waals surface area contributed by atoms with Crippen LogP contribution in [0.2, 0.25) is 0 Å². The molecule has 0 spiro atoms. The molecule has 0 saturated heterocycles. The lowest BCUT2D eigenvalue weighted by Gasteiger charge is -2.31. The maximum Gasteiger partial charge on any atom is 0.337 e. The van der Waals surface area contributed by atoms with Crippen LogP contribution in [0.25, 0.3) is 0 Å². The fourth-order valence-electron chi connectivity index (χ4n) is 1.42. The molecule has 0 heterocycles. The van der Waals surface area contributed by atoms with E-state index in [1.54, 1.807) is 19.2 Å². The molecule has 0 aliphatic carbocycles. The minimum atomic E-state index is -0.327. The quantitative estimate of drug-likeness (QED) is 0.817. The van der Waals surface area contributed by atoms with Crippen LogP contribution in [0.15, 0.2) is 24.3 Å². The van der Waals surface area contributed by atoms with E-state index in [0.717, 1.165) is 5.69 Å². The zero-order chi connectivity index (χ0) is 13.8. The number of ether oxygens (including phenoxy) is 2. The Balaban J connectivity index is 2.72. The maximum absolute atomic E-state index is 11.3. The van der Waals surface area contributed by atoms with Crippen LogP contribution < -0.4 is 5.32 Å². The number of carbonyl (C=O) groups is 1. The standard InChI is InChI=1S/C14H21NO3/c1-10(14(2,3)18-5)15-12-8-6-11(7-9-12)13(16)17-4/h6-10,15H,1-5H3. The molecular weight excluding hydrogens is 230 g/mol. The highest BCUT2D eigenvalue weighted by molar-refractivity contribution is 5.89. The lowest BCUT2D eigenvalue weighted by atomic mass is 10.00. The first-order valence-corrected chi connectivity index (χ1v) is 5.90. The summed E-state index contributed by atoms with van der Waals surface area (Å²) in [5.74, 6) is -0.327. The number of hydrogen-bond donors (Lipinski definition) is 1. The molecule has 1 rings (SSSR count). The van der Waals surface area contributed by atoms with E-state index in [2.05, 4.69) is 17.0 Å². The van der Waals surface area contributed by atoms with E-state index in [9.17, 15) is 4.79 Å². The molecule has 1 atom stereocenters. The van der Waals surface area contributed by atoms with Crippen molar-refractivity contribution in [3.63, 3.8) is 0 Å². The van der Waals surface area contributed by atoms with Gasteiger partial charge in [-0.2, -0.15) is 0 Å². The number of carbonyl (C=O) groups excluding carboxylic acids is 1. The van der Waals surface area contributed by atoms with Crippen molar-refractivity contribution in [1.82, 2.24) is 0 Å². The van der Waals surface area contributed by atoms with Gasteiger partial charge < -0.3 is 14.8 Å². The van der Waals surface area contributed by atoms with Gasteiger partial charge in [-0.25, -0.2) is 4.79 Å². The van der Waals surface area contributed by atoms with Crippen LogP contribution in [0, 0.1) is 0 Å². The summed E-state index contributed by atoms with van der Waals surface area (Å²) in [6, 6.07) is 7.33. The number of esters is 1. The van der Waals surface area contributed by atoms with E-state index in [4.69, 9.17) is 4.74 Å². The molecule has 1 unspecified atom stereocenters. The second-order valence-electron chi connectivity index (χ2n) is 4.74. The molecule has 4 heteroatoms. The molecule has 0 aliphatic rings. The number of nitrogens with one attached hydrogen (secondary N) is 1. The third-order valence-electron chi connectivity index (χ3n) is 3.26. The maximum atomic E-state index is 11.3. The van der Waals surface area contributed by atoms with Gasteiger partial charge in [0.15, 0.2) is 0 Å². The Bertz CT molecular complexity index is 398. The Morgan fingerprint density at radius 2 is 1.78 bits per heavy atom. The first kappa shape index (κ1) is 14.5. The smallest absolute Gasteiger partial charge is 0.337 e. The Morgan fingerprint density at radius 3 is 2.22 bits per heavy atom. The summed E-state index contributed by atoms with van der Waals surface area (Å²) in [7, 11) is 3.07. The average molecular weight is 251 g/mol. The predicted octanol–water partition coefficient (Wildman–Crippen LogP) is 2.70. The van der Waals surface area contributed by atoms with Crippen LogP contribution in [-0.2, 0) is 9.47 Å². The van der Waals surface area contributed by atoms with Crippen molar-refractivity contribution in [2.24, 2.45) is 0 Å². The lowest BCUT2D eigenvalue weighted by molar-refractivity contribution is 0.0107. The van der Waals surface area contributed by atoms with Crippen molar-refractivity contribution in [3.8, 4) is 0 Å². The number of rotatable bonds is 5. The molecule has 0 saturated carbocycles. The number of hydrogen-bond acceptors (Lipinski definition) is 4. The van der Waals surface area contributed by atoms with E-state index in [1.165, 1.54) is 7.11 Å². The summed E-state index contributed by atoms with van der Waals surface area (Å²) in [5.41, 5.74) is 1.23. The van der Waals surface area contributed by atoms with Crippen molar-refractivity contribution in [1.29, 1.82) is 0 Å². The monoisotopic (exact) mass is 251 g/mol. The minimum Gasteiger partial charge on any atom is -0.465 e. The fourth-order valence-corrected chi connectivity index (χ4v) is 1.42.